The van der Waals surface area contributed by atoms with Crippen LogP contribution in [0, 0.1) is 23.7 Å². The highest BCUT2D eigenvalue weighted by molar-refractivity contribution is 5.66. The molecule has 0 fully saturated rings. The van der Waals surface area contributed by atoms with Gasteiger partial charge in [-0.15, -0.1) is 0 Å². The summed E-state index contributed by atoms with van der Waals surface area (Å²) in [5.74, 6) is 11.3. The van der Waals surface area contributed by atoms with Gasteiger partial charge in [-0.05, 0) is 31.1 Å². The smallest absolute Gasteiger partial charge is 0.303 e. The first-order chi connectivity index (χ1) is 10.3. The van der Waals surface area contributed by atoms with Crippen LogP contribution in [0.15, 0.2) is 0 Å². The van der Waals surface area contributed by atoms with Crippen molar-refractivity contribution in [2.45, 2.75) is 90.4 Å². The molecule has 0 atom stereocenters. The topological polar surface area (TPSA) is 37.3 Å². The average Bonchev–Trinajstić information content (AvgIpc) is 2.46. The lowest BCUT2D eigenvalue weighted by Gasteiger charge is -1.96. The van der Waals surface area contributed by atoms with Gasteiger partial charge in [0, 0.05) is 19.3 Å². The van der Waals surface area contributed by atoms with Crippen LogP contribution in [0.25, 0.3) is 0 Å². The van der Waals surface area contributed by atoms with Crippen molar-refractivity contribution >= 4 is 5.97 Å². The van der Waals surface area contributed by atoms with Crippen molar-refractivity contribution in [2.24, 2.45) is 0 Å². The van der Waals surface area contributed by atoms with E-state index in [1.807, 2.05) is 0 Å². The minimum absolute atomic E-state index is 0.287. The van der Waals surface area contributed by atoms with E-state index >= 15 is 0 Å². The first-order valence-electron chi connectivity index (χ1n) is 8.45. The minimum atomic E-state index is -0.699. The largest absolute Gasteiger partial charge is 0.481 e. The maximum Gasteiger partial charge on any atom is 0.303 e. The minimum Gasteiger partial charge on any atom is -0.481 e. The maximum atomic E-state index is 10.3. The summed E-state index contributed by atoms with van der Waals surface area (Å²) < 4.78 is 0. The normalized spacial score (nSPS) is 9.38. The molecule has 0 aliphatic rings. The fourth-order valence-electron chi connectivity index (χ4n) is 2.05. The Balaban J connectivity index is 3.29. The molecule has 0 bridgehead atoms. The number of carboxylic acids is 1. The first-order valence-corrected chi connectivity index (χ1v) is 8.45. The Hall–Kier alpha value is -1.41. The standard InChI is InChI=1S/C19H30O2/c1-2-3-4-5-6-7-8-9-10-11-12-13-14-15-16-17-18-19(20)21/h2-8,13-18H2,1H3,(H,20,21). The Kier molecular flexibility index (Phi) is 15.5. The fourth-order valence-corrected chi connectivity index (χ4v) is 2.05. The summed E-state index contributed by atoms with van der Waals surface area (Å²) in [6.45, 7) is 2.24. The molecule has 1 N–H and O–H groups in total. The van der Waals surface area contributed by atoms with E-state index in [4.69, 9.17) is 5.11 Å². The predicted octanol–water partition coefficient (Wildman–Crippen LogP) is 5.17. The summed E-state index contributed by atoms with van der Waals surface area (Å²) in [5, 5.41) is 8.49. The molecule has 0 heterocycles. The predicted molar refractivity (Wildman–Crippen MR) is 88.9 cm³/mol. The zero-order valence-corrected chi connectivity index (χ0v) is 13.5. The van der Waals surface area contributed by atoms with Gasteiger partial charge in [0.05, 0.1) is 0 Å². The molecule has 0 unspecified atom stereocenters. The van der Waals surface area contributed by atoms with Gasteiger partial charge in [-0.3, -0.25) is 4.79 Å². The van der Waals surface area contributed by atoms with Gasteiger partial charge in [0.15, 0.2) is 0 Å². The highest BCUT2D eigenvalue weighted by Gasteiger charge is 1.95. The zero-order chi connectivity index (χ0) is 15.6. The molecule has 2 nitrogen and oxygen atoms in total. The molecule has 0 aromatic rings. The van der Waals surface area contributed by atoms with Crippen LogP contribution >= 0.6 is 0 Å². The highest BCUT2D eigenvalue weighted by atomic mass is 16.4. The quantitative estimate of drug-likeness (QED) is 0.398. The van der Waals surface area contributed by atoms with Crippen LogP contribution in [0.3, 0.4) is 0 Å². The van der Waals surface area contributed by atoms with E-state index in [-0.39, 0.29) is 6.42 Å². The molecular formula is C19H30O2. The summed E-state index contributed by atoms with van der Waals surface area (Å²) in [6.07, 6.45) is 13.8. The van der Waals surface area contributed by atoms with Crippen molar-refractivity contribution in [3.63, 3.8) is 0 Å². The number of aliphatic carboxylic acids is 1. The van der Waals surface area contributed by atoms with E-state index in [2.05, 4.69) is 30.6 Å². The van der Waals surface area contributed by atoms with Gasteiger partial charge in [0.25, 0.3) is 0 Å². The van der Waals surface area contributed by atoms with Crippen LogP contribution < -0.4 is 0 Å². The molecule has 0 aliphatic carbocycles. The van der Waals surface area contributed by atoms with Gasteiger partial charge in [-0.1, -0.05) is 63.7 Å². The Morgan fingerprint density at radius 2 is 1.24 bits per heavy atom. The van der Waals surface area contributed by atoms with Crippen LogP contribution in [-0.4, -0.2) is 11.1 Å². The molecule has 118 valence electrons. The van der Waals surface area contributed by atoms with Crippen molar-refractivity contribution in [2.75, 3.05) is 0 Å². The number of hydrogen-bond donors (Lipinski definition) is 1. The van der Waals surface area contributed by atoms with Crippen LogP contribution in [0.1, 0.15) is 90.4 Å². The van der Waals surface area contributed by atoms with Crippen molar-refractivity contribution < 1.29 is 9.90 Å². The summed E-state index contributed by atoms with van der Waals surface area (Å²) >= 11 is 0. The van der Waals surface area contributed by atoms with Crippen LogP contribution in [-0.2, 0) is 4.79 Å². The maximum absolute atomic E-state index is 10.3. The van der Waals surface area contributed by atoms with E-state index in [0.717, 1.165) is 38.5 Å². The summed E-state index contributed by atoms with van der Waals surface area (Å²) in [5.41, 5.74) is 0. The van der Waals surface area contributed by atoms with Gasteiger partial charge in [0.2, 0.25) is 0 Å². The Bertz CT molecular complexity index is 362. The number of unbranched alkanes of at least 4 members (excludes halogenated alkanes) is 10. The van der Waals surface area contributed by atoms with Gasteiger partial charge < -0.3 is 5.11 Å². The molecule has 0 aromatic heterocycles. The third-order valence-electron chi connectivity index (χ3n) is 3.34. The van der Waals surface area contributed by atoms with E-state index in [9.17, 15) is 4.79 Å². The Morgan fingerprint density at radius 3 is 1.76 bits per heavy atom. The third-order valence-corrected chi connectivity index (χ3v) is 3.34. The molecule has 0 saturated heterocycles. The molecule has 0 rings (SSSR count). The van der Waals surface area contributed by atoms with Gasteiger partial charge in [0.1, 0.15) is 0 Å². The molecule has 0 amide bonds. The monoisotopic (exact) mass is 290 g/mol. The van der Waals surface area contributed by atoms with E-state index in [1.165, 1.54) is 38.5 Å². The van der Waals surface area contributed by atoms with Crippen LogP contribution in [0.2, 0.25) is 0 Å². The van der Waals surface area contributed by atoms with Gasteiger partial charge >= 0.3 is 5.97 Å². The lowest BCUT2D eigenvalue weighted by molar-refractivity contribution is -0.137. The van der Waals surface area contributed by atoms with Crippen molar-refractivity contribution in [3.8, 4) is 23.7 Å². The molecule has 0 aliphatic heterocycles. The van der Waals surface area contributed by atoms with Crippen molar-refractivity contribution in [1.82, 2.24) is 0 Å². The second-order valence-corrected chi connectivity index (χ2v) is 5.43. The summed E-state index contributed by atoms with van der Waals surface area (Å²) in [4.78, 5) is 10.3. The average molecular weight is 290 g/mol. The Labute approximate surface area is 130 Å². The second-order valence-electron chi connectivity index (χ2n) is 5.43. The van der Waals surface area contributed by atoms with E-state index in [0.29, 0.717) is 0 Å². The fraction of sp³-hybridized carbons (Fsp3) is 0.737. The van der Waals surface area contributed by atoms with Crippen LogP contribution in [0.5, 0.6) is 0 Å². The van der Waals surface area contributed by atoms with E-state index < -0.39 is 5.97 Å². The number of carboxylic acid groups (broad SMARTS) is 1. The number of hydrogen-bond acceptors (Lipinski definition) is 1. The molecule has 0 aromatic carbocycles. The number of carbonyl (C=O) groups is 1. The second kappa shape index (κ2) is 16.6. The van der Waals surface area contributed by atoms with Crippen molar-refractivity contribution in [1.29, 1.82) is 0 Å². The van der Waals surface area contributed by atoms with Gasteiger partial charge in [-0.25, -0.2) is 0 Å². The lowest BCUT2D eigenvalue weighted by atomic mass is 10.1. The highest BCUT2D eigenvalue weighted by Crippen LogP contribution is 2.06. The van der Waals surface area contributed by atoms with E-state index in [1.54, 1.807) is 0 Å². The molecule has 0 spiro atoms. The van der Waals surface area contributed by atoms with Crippen LogP contribution in [0.4, 0.5) is 0 Å². The Morgan fingerprint density at radius 1 is 0.762 bits per heavy atom. The molecule has 0 radical (unpaired) electrons. The summed E-state index contributed by atoms with van der Waals surface area (Å²) in [7, 11) is 0. The summed E-state index contributed by atoms with van der Waals surface area (Å²) in [6, 6.07) is 0. The number of rotatable bonds is 12. The van der Waals surface area contributed by atoms with Crippen molar-refractivity contribution in [3.05, 3.63) is 0 Å². The first kappa shape index (κ1) is 19.6. The lowest BCUT2D eigenvalue weighted by Crippen LogP contribution is -1.93. The third kappa shape index (κ3) is 18.6. The van der Waals surface area contributed by atoms with Gasteiger partial charge in [-0.2, -0.15) is 0 Å². The molecule has 0 saturated carbocycles. The SMILES string of the molecule is CCCCCCCCC#CC#CCCCCCCC(=O)O. The zero-order valence-electron chi connectivity index (χ0n) is 13.5. The molecule has 21 heavy (non-hydrogen) atoms. The molecule has 2 heteroatoms. The molecular weight excluding hydrogens is 260 g/mol.